The largest absolute Gasteiger partial charge is 0.491 e. The number of aliphatic hydroxyl groups is 1. The van der Waals surface area contributed by atoms with Gasteiger partial charge >= 0.3 is 0 Å². The molecule has 2 aromatic rings. The van der Waals surface area contributed by atoms with Gasteiger partial charge < -0.3 is 15.2 Å². The molecule has 0 radical (unpaired) electrons. The van der Waals surface area contributed by atoms with Crippen molar-refractivity contribution in [2.45, 2.75) is 26.3 Å². The van der Waals surface area contributed by atoms with Crippen molar-refractivity contribution in [2.75, 3.05) is 18.5 Å². The van der Waals surface area contributed by atoms with Crippen LogP contribution in [0.1, 0.15) is 29.7 Å². The van der Waals surface area contributed by atoms with Crippen LogP contribution in [0, 0.1) is 0 Å². The summed E-state index contributed by atoms with van der Waals surface area (Å²) in [7, 11) is 0. The number of nitrogens with one attached hydrogen (secondary N) is 1. The van der Waals surface area contributed by atoms with Gasteiger partial charge in [-0.2, -0.15) is 0 Å². The van der Waals surface area contributed by atoms with E-state index in [0.717, 1.165) is 18.0 Å². The van der Waals surface area contributed by atoms with Gasteiger partial charge in [-0.05, 0) is 24.3 Å². The zero-order chi connectivity index (χ0) is 14.4. The van der Waals surface area contributed by atoms with Crippen molar-refractivity contribution in [1.82, 2.24) is 4.98 Å². The van der Waals surface area contributed by atoms with E-state index in [-0.39, 0.29) is 6.61 Å². The van der Waals surface area contributed by atoms with E-state index in [1.807, 2.05) is 30.5 Å². The average Bonchev–Trinajstić information content (AvgIpc) is 2.93. The van der Waals surface area contributed by atoms with Crippen LogP contribution in [0.4, 0.5) is 5.69 Å². The topological polar surface area (TPSA) is 54.4 Å². The lowest BCUT2D eigenvalue weighted by molar-refractivity contribution is 0.201. The number of rotatable bonds is 7. The summed E-state index contributed by atoms with van der Waals surface area (Å²) in [5, 5.41) is 13.2. The summed E-state index contributed by atoms with van der Waals surface area (Å²) < 4.78 is 5.32. The summed E-state index contributed by atoms with van der Waals surface area (Å²) in [6, 6.07) is 7.72. The summed E-state index contributed by atoms with van der Waals surface area (Å²) in [5.74, 6) is 1.25. The molecular formula is C15H20N2O2S. The van der Waals surface area contributed by atoms with Gasteiger partial charge in [0.15, 0.2) is 0 Å². The molecule has 0 spiro atoms. The first-order valence-corrected chi connectivity index (χ1v) is 7.53. The number of anilines is 1. The third-order valence-corrected chi connectivity index (χ3v) is 4.04. The summed E-state index contributed by atoms with van der Waals surface area (Å²) >= 11 is 1.75. The van der Waals surface area contributed by atoms with Crippen LogP contribution in [0.5, 0.6) is 5.75 Å². The van der Waals surface area contributed by atoms with Gasteiger partial charge in [-0.3, -0.25) is 0 Å². The third-order valence-electron chi connectivity index (χ3n) is 2.75. The van der Waals surface area contributed by atoms with Gasteiger partial charge in [0.05, 0.1) is 18.2 Å². The first-order chi connectivity index (χ1) is 9.69. The Kier molecular flexibility index (Phi) is 5.38. The van der Waals surface area contributed by atoms with E-state index >= 15 is 0 Å². The summed E-state index contributed by atoms with van der Waals surface area (Å²) in [6.45, 7) is 5.44. The molecule has 0 bridgehead atoms. The predicted octanol–water partition coefficient (Wildman–Crippen LogP) is 3.25. The van der Waals surface area contributed by atoms with Gasteiger partial charge in [0.1, 0.15) is 12.4 Å². The fourth-order valence-corrected chi connectivity index (χ4v) is 2.55. The van der Waals surface area contributed by atoms with E-state index in [1.54, 1.807) is 11.3 Å². The molecule has 2 N–H and O–H groups in total. The van der Waals surface area contributed by atoms with E-state index in [2.05, 4.69) is 24.1 Å². The van der Waals surface area contributed by atoms with Crippen molar-refractivity contribution in [3.05, 3.63) is 40.3 Å². The Morgan fingerprint density at radius 3 is 2.65 bits per heavy atom. The quantitative estimate of drug-likeness (QED) is 0.822. The highest BCUT2D eigenvalue weighted by molar-refractivity contribution is 7.11. The highest BCUT2D eigenvalue weighted by atomic mass is 32.1. The van der Waals surface area contributed by atoms with E-state index in [0.29, 0.717) is 12.5 Å². The molecular weight excluding hydrogens is 272 g/mol. The summed E-state index contributed by atoms with van der Waals surface area (Å²) in [5.41, 5.74) is 1.04. The Morgan fingerprint density at radius 1 is 1.30 bits per heavy atom. The van der Waals surface area contributed by atoms with Crippen LogP contribution in [-0.4, -0.2) is 23.3 Å². The Balaban J connectivity index is 1.86. The van der Waals surface area contributed by atoms with Crippen LogP contribution in [-0.2, 0) is 6.54 Å². The van der Waals surface area contributed by atoms with Crippen LogP contribution in [0.3, 0.4) is 0 Å². The molecule has 0 amide bonds. The van der Waals surface area contributed by atoms with E-state index < -0.39 is 0 Å². The number of hydrogen-bond acceptors (Lipinski definition) is 5. The normalized spacial score (nSPS) is 10.8. The Labute approximate surface area is 123 Å². The number of nitrogens with zero attached hydrogens (tertiary/aromatic N) is 1. The van der Waals surface area contributed by atoms with Gasteiger partial charge in [0, 0.05) is 22.7 Å². The number of hydrogen-bond donors (Lipinski definition) is 2. The number of thiazole rings is 1. The van der Waals surface area contributed by atoms with E-state index in [9.17, 15) is 0 Å². The maximum atomic E-state index is 8.69. The minimum Gasteiger partial charge on any atom is -0.491 e. The molecule has 0 aliphatic rings. The predicted molar refractivity (Wildman–Crippen MR) is 82.6 cm³/mol. The second-order valence-electron chi connectivity index (χ2n) is 4.77. The van der Waals surface area contributed by atoms with Crippen molar-refractivity contribution in [3.8, 4) is 5.75 Å². The zero-order valence-corrected chi connectivity index (χ0v) is 12.6. The van der Waals surface area contributed by atoms with Gasteiger partial charge in [-0.1, -0.05) is 13.8 Å². The molecule has 0 aliphatic carbocycles. The molecule has 1 aromatic carbocycles. The lowest BCUT2D eigenvalue weighted by atomic mass is 10.2. The van der Waals surface area contributed by atoms with Crippen molar-refractivity contribution >= 4 is 17.0 Å². The van der Waals surface area contributed by atoms with Crippen molar-refractivity contribution < 1.29 is 9.84 Å². The molecule has 0 aliphatic heterocycles. The molecule has 108 valence electrons. The van der Waals surface area contributed by atoms with Gasteiger partial charge in [-0.25, -0.2) is 4.98 Å². The van der Waals surface area contributed by atoms with E-state index in [4.69, 9.17) is 9.84 Å². The third kappa shape index (κ3) is 4.21. The average molecular weight is 292 g/mol. The first kappa shape index (κ1) is 14.8. The molecule has 0 saturated heterocycles. The van der Waals surface area contributed by atoms with Crippen LogP contribution in [0.15, 0.2) is 30.5 Å². The summed E-state index contributed by atoms with van der Waals surface area (Å²) in [6.07, 6.45) is 1.94. The number of benzene rings is 1. The van der Waals surface area contributed by atoms with Crippen LogP contribution in [0.2, 0.25) is 0 Å². The number of aliphatic hydroxyl groups excluding tert-OH is 1. The Hall–Kier alpha value is -1.59. The molecule has 0 fully saturated rings. The van der Waals surface area contributed by atoms with Crippen LogP contribution in [0.25, 0.3) is 0 Å². The standard InChI is InChI=1S/C15H20N2O2S/c1-11(2)15-17-10-14(20-15)9-16-12-3-5-13(6-4-12)19-8-7-18/h3-6,10-11,16,18H,7-9H2,1-2H3. The highest BCUT2D eigenvalue weighted by Crippen LogP contribution is 2.22. The monoisotopic (exact) mass is 292 g/mol. The SMILES string of the molecule is CC(C)c1ncc(CNc2ccc(OCCO)cc2)s1. The maximum absolute atomic E-state index is 8.69. The lowest BCUT2D eigenvalue weighted by Gasteiger charge is -2.07. The molecule has 0 saturated carbocycles. The first-order valence-electron chi connectivity index (χ1n) is 6.71. The molecule has 2 rings (SSSR count). The molecule has 1 heterocycles. The van der Waals surface area contributed by atoms with Crippen LogP contribution >= 0.6 is 11.3 Å². The minimum absolute atomic E-state index is 0.0313. The highest BCUT2D eigenvalue weighted by Gasteiger charge is 2.05. The second kappa shape index (κ2) is 7.26. The molecule has 5 heteroatoms. The smallest absolute Gasteiger partial charge is 0.119 e. The Bertz CT molecular complexity index is 523. The van der Waals surface area contributed by atoms with E-state index in [1.165, 1.54) is 9.88 Å². The minimum atomic E-state index is 0.0313. The lowest BCUT2D eigenvalue weighted by Crippen LogP contribution is -2.02. The fourth-order valence-electron chi connectivity index (χ4n) is 1.69. The molecule has 0 unspecified atom stereocenters. The van der Waals surface area contributed by atoms with Gasteiger partial charge in [0.2, 0.25) is 0 Å². The molecule has 20 heavy (non-hydrogen) atoms. The van der Waals surface area contributed by atoms with Gasteiger partial charge in [-0.15, -0.1) is 11.3 Å². The maximum Gasteiger partial charge on any atom is 0.119 e. The molecule has 0 atom stereocenters. The van der Waals surface area contributed by atoms with Crippen LogP contribution < -0.4 is 10.1 Å². The van der Waals surface area contributed by atoms with Crippen molar-refractivity contribution in [3.63, 3.8) is 0 Å². The number of ether oxygens (including phenoxy) is 1. The molecule has 1 aromatic heterocycles. The second-order valence-corrected chi connectivity index (χ2v) is 5.92. The van der Waals surface area contributed by atoms with Crippen molar-refractivity contribution in [2.24, 2.45) is 0 Å². The van der Waals surface area contributed by atoms with Gasteiger partial charge in [0.25, 0.3) is 0 Å². The zero-order valence-electron chi connectivity index (χ0n) is 11.8. The van der Waals surface area contributed by atoms with Crippen molar-refractivity contribution in [1.29, 1.82) is 0 Å². The Morgan fingerprint density at radius 2 is 2.05 bits per heavy atom. The molecule has 4 nitrogen and oxygen atoms in total. The summed E-state index contributed by atoms with van der Waals surface area (Å²) in [4.78, 5) is 5.64. The number of aromatic nitrogens is 1. The fraction of sp³-hybridized carbons (Fsp3) is 0.400.